The van der Waals surface area contributed by atoms with Gasteiger partial charge in [0, 0.05) is 12.1 Å². The summed E-state index contributed by atoms with van der Waals surface area (Å²) in [6, 6.07) is 5.10. The lowest BCUT2D eigenvalue weighted by molar-refractivity contribution is -0.169. The molecule has 0 saturated carbocycles. The Labute approximate surface area is 93.4 Å². The van der Waals surface area contributed by atoms with Gasteiger partial charge in [-0.05, 0) is 6.07 Å². The van der Waals surface area contributed by atoms with Gasteiger partial charge in [0.2, 0.25) is 0 Å². The highest BCUT2D eigenvalue weighted by atomic mass is 19.3. The zero-order chi connectivity index (χ0) is 13.1. The molecule has 1 rings (SSSR count). The molecule has 0 unspecified atom stereocenters. The molecule has 0 heterocycles. The minimum absolute atomic E-state index is 0.0640. The second kappa shape index (κ2) is 5.11. The Kier molecular flexibility index (Phi) is 4.03. The molecule has 1 amide bonds. The van der Waals surface area contributed by atoms with Crippen LogP contribution in [-0.4, -0.2) is 18.3 Å². The van der Waals surface area contributed by atoms with E-state index < -0.39 is 30.6 Å². The van der Waals surface area contributed by atoms with Crippen LogP contribution >= 0.6 is 0 Å². The van der Waals surface area contributed by atoms with Crippen LogP contribution in [0.2, 0.25) is 0 Å². The summed E-state index contributed by atoms with van der Waals surface area (Å²) in [5, 5.41) is 1.55. The fraction of sp³-hybridized carbons (Fsp3) is 0.300. The van der Waals surface area contributed by atoms with Gasteiger partial charge in [0.25, 0.3) is 5.91 Å². The van der Waals surface area contributed by atoms with E-state index >= 15 is 0 Å². The molecule has 0 aliphatic carbocycles. The first kappa shape index (κ1) is 13.4. The van der Waals surface area contributed by atoms with Gasteiger partial charge in [-0.2, -0.15) is 8.78 Å². The number of hydrogen-bond acceptors (Lipinski definition) is 1. The summed E-state index contributed by atoms with van der Waals surface area (Å²) in [6.45, 7) is -0.576. The molecule has 0 aliphatic rings. The first-order valence-electron chi connectivity index (χ1n) is 4.53. The summed E-state index contributed by atoms with van der Waals surface area (Å²) >= 11 is 0. The molecule has 17 heavy (non-hydrogen) atoms. The Bertz CT molecular complexity index is 407. The van der Waals surface area contributed by atoms with E-state index in [0.717, 1.165) is 6.07 Å². The van der Waals surface area contributed by atoms with Crippen molar-refractivity contribution < 1.29 is 26.7 Å². The van der Waals surface area contributed by atoms with E-state index in [2.05, 4.69) is 0 Å². The average molecular weight is 253 g/mol. The number of carbonyl (C=O) groups is 1. The van der Waals surface area contributed by atoms with Crippen LogP contribution in [0.5, 0.6) is 0 Å². The highest BCUT2D eigenvalue weighted by Crippen LogP contribution is 2.22. The van der Waals surface area contributed by atoms with Gasteiger partial charge in [-0.25, -0.2) is 13.2 Å². The van der Waals surface area contributed by atoms with Crippen LogP contribution in [0, 0.1) is 5.82 Å². The Morgan fingerprint density at radius 3 is 2.41 bits per heavy atom. The average Bonchev–Trinajstić information content (AvgIpc) is 2.27. The van der Waals surface area contributed by atoms with E-state index in [1.165, 1.54) is 18.2 Å². The molecular formula is C10H8F5NO. The molecule has 0 saturated heterocycles. The summed E-state index contributed by atoms with van der Waals surface area (Å²) in [7, 11) is 0. The molecule has 0 fully saturated rings. The normalized spacial score (nSPS) is 11.6. The molecule has 2 nitrogen and oxygen atoms in total. The third-order valence-electron chi connectivity index (χ3n) is 1.97. The molecule has 94 valence electrons. The number of amides is 1. The first-order valence-corrected chi connectivity index (χ1v) is 4.53. The third kappa shape index (κ3) is 3.15. The maximum atomic E-state index is 13.0. The largest absolute Gasteiger partial charge is 0.383 e. The second-order valence-electron chi connectivity index (χ2n) is 3.20. The number of hydrogen-bond donors (Lipinski definition) is 1. The SMILES string of the molecule is O=C(NCc1ccccc1F)C(F)(F)C(F)F. The number of halogens is 5. The summed E-state index contributed by atoms with van der Waals surface area (Å²) in [5.41, 5.74) is -0.0640. The highest BCUT2D eigenvalue weighted by molar-refractivity contribution is 5.83. The molecule has 0 aromatic heterocycles. The maximum absolute atomic E-state index is 13.0. The van der Waals surface area contributed by atoms with Crippen molar-refractivity contribution in [2.75, 3.05) is 0 Å². The quantitative estimate of drug-likeness (QED) is 0.820. The third-order valence-corrected chi connectivity index (χ3v) is 1.97. The summed E-state index contributed by atoms with van der Waals surface area (Å²) in [5.74, 6) is -7.62. The van der Waals surface area contributed by atoms with E-state index in [-0.39, 0.29) is 5.56 Å². The van der Waals surface area contributed by atoms with Gasteiger partial charge in [0.05, 0.1) is 0 Å². The van der Waals surface area contributed by atoms with Gasteiger partial charge in [-0.1, -0.05) is 18.2 Å². The minimum atomic E-state index is -4.77. The van der Waals surface area contributed by atoms with Crippen LogP contribution in [-0.2, 0) is 11.3 Å². The van der Waals surface area contributed by atoms with Crippen LogP contribution in [0.15, 0.2) is 24.3 Å². The van der Waals surface area contributed by atoms with E-state index in [4.69, 9.17) is 0 Å². The predicted octanol–water partition coefficient (Wildman–Crippen LogP) is 2.34. The Balaban J connectivity index is 2.64. The number of nitrogens with one attached hydrogen (secondary N) is 1. The number of rotatable bonds is 4. The standard InChI is InChI=1S/C10H8F5NO/c11-7-4-2-1-3-6(7)5-16-9(17)10(14,15)8(12)13/h1-4,8H,5H2,(H,16,17). The van der Waals surface area contributed by atoms with Gasteiger partial charge in [0.15, 0.2) is 0 Å². The summed E-state index contributed by atoms with van der Waals surface area (Å²) in [6.07, 6.45) is -4.09. The van der Waals surface area contributed by atoms with Gasteiger partial charge in [-0.15, -0.1) is 0 Å². The number of carbonyl (C=O) groups excluding carboxylic acids is 1. The van der Waals surface area contributed by atoms with E-state index in [0.29, 0.717) is 0 Å². The van der Waals surface area contributed by atoms with Gasteiger partial charge in [-0.3, -0.25) is 4.79 Å². The molecule has 1 aromatic carbocycles. The summed E-state index contributed by atoms with van der Waals surface area (Å²) in [4.78, 5) is 10.7. The molecule has 0 radical (unpaired) electrons. The van der Waals surface area contributed by atoms with Crippen LogP contribution < -0.4 is 5.32 Å². The van der Waals surface area contributed by atoms with Crippen molar-refractivity contribution in [1.29, 1.82) is 0 Å². The monoisotopic (exact) mass is 253 g/mol. The van der Waals surface area contributed by atoms with Crippen LogP contribution in [0.25, 0.3) is 0 Å². The molecule has 0 bridgehead atoms. The topological polar surface area (TPSA) is 29.1 Å². The van der Waals surface area contributed by atoms with Crippen molar-refractivity contribution in [3.8, 4) is 0 Å². The highest BCUT2D eigenvalue weighted by Gasteiger charge is 2.48. The van der Waals surface area contributed by atoms with Crippen molar-refractivity contribution in [3.05, 3.63) is 35.6 Å². The zero-order valence-electron chi connectivity index (χ0n) is 8.39. The van der Waals surface area contributed by atoms with Crippen LogP contribution in [0.3, 0.4) is 0 Å². The molecule has 7 heteroatoms. The lowest BCUT2D eigenvalue weighted by atomic mass is 10.2. The van der Waals surface area contributed by atoms with Crippen molar-refractivity contribution in [1.82, 2.24) is 5.32 Å². The van der Waals surface area contributed by atoms with E-state index in [9.17, 15) is 26.7 Å². The fourth-order valence-electron chi connectivity index (χ4n) is 1.03. The molecule has 1 N–H and O–H groups in total. The molecule has 0 atom stereocenters. The minimum Gasteiger partial charge on any atom is -0.346 e. The molecule has 1 aromatic rings. The Morgan fingerprint density at radius 1 is 1.29 bits per heavy atom. The van der Waals surface area contributed by atoms with Crippen molar-refractivity contribution in [2.45, 2.75) is 18.9 Å². The maximum Gasteiger partial charge on any atom is 0.383 e. The Morgan fingerprint density at radius 2 is 1.88 bits per heavy atom. The van der Waals surface area contributed by atoms with E-state index in [1.807, 2.05) is 0 Å². The van der Waals surface area contributed by atoms with Gasteiger partial charge >= 0.3 is 12.3 Å². The summed E-state index contributed by atoms with van der Waals surface area (Å²) < 4.78 is 61.5. The fourth-order valence-corrected chi connectivity index (χ4v) is 1.03. The first-order chi connectivity index (χ1) is 7.85. The van der Waals surface area contributed by atoms with Crippen molar-refractivity contribution in [3.63, 3.8) is 0 Å². The van der Waals surface area contributed by atoms with Crippen LogP contribution in [0.1, 0.15) is 5.56 Å². The molecule has 0 spiro atoms. The number of alkyl halides is 4. The van der Waals surface area contributed by atoms with Crippen molar-refractivity contribution in [2.24, 2.45) is 0 Å². The Hall–Kier alpha value is -1.66. The predicted molar refractivity (Wildman–Crippen MR) is 49.2 cm³/mol. The zero-order valence-corrected chi connectivity index (χ0v) is 8.39. The van der Waals surface area contributed by atoms with Gasteiger partial charge in [0.1, 0.15) is 5.82 Å². The second-order valence-corrected chi connectivity index (χ2v) is 3.20. The molecule has 0 aliphatic heterocycles. The van der Waals surface area contributed by atoms with E-state index in [1.54, 1.807) is 5.32 Å². The lowest BCUT2D eigenvalue weighted by Gasteiger charge is -2.14. The lowest BCUT2D eigenvalue weighted by Crippen LogP contribution is -2.44. The number of benzene rings is 1. The smallest absolute Gasteiger partial charge is 0.346 e. The molecular weight excluding hydrogens is 245 g/mol. The van der Waals surface area contributed by atoms with Crippen molar-refractivity contribution >= 4 is 5.91 Å². The van der Waals surface area contributed by atoms with Gasteiger partial charge < -0.3 is 5.32 Å². The van der Waals surface area contributed by atoms with Crippen LogP contribution in [0.4, 0.5) is 22.0 Å².